The second-order valence-electron chi connectivity index (χ2n) is 7.18. The van der Waals surface area contributed by atoms with Gasteiger partial charge in [-0.2, -0.15) is 0 Å². The topological polar surface area (TPSA) is 30.0 Å². The average Bonchev–Trinajstić information content (AvgIpc) is 2.53. The van der Waals surface area contributed by atoms with Gasteiger partial charge in [0.25, 0.3) is 5.24 Å². The van der Waals surface area contributed by atoms with Crippen LogP contribution in [-0.2, 0) is 5.41 Å². The summed E-state index contributed by atoms with van der Waals surface area (Å²) in [4.78, 5) is 16.6. The van der Waals surface area contributed by atoms with Gasteiger partial charge in [-0.3, -0.25) is 4.79 Å². The Hall–Kier alpha value is -2.19. The lowest BCUT2D eigenvalue weighted by molar-refractivity contribution is 0.108. The summed E-state index contributed by atoms with van der Waals surface area (Å²) in [5.41, 5.74) is 5.45. The van der Waals surface area contributed by atoms with Crippen molar-refractivity contribution in [3.8, 4) is 11.3 Å². The van der Waals surface area contributed by atoms with Crippen LogP contribution in [0, 0.1) is 6.92 Å². The van der Waals surface area contributed by atoms with Crippen molar-refractivity contribution in [3.05, 3.63) is 65.2 Å². The Morgan fingerprint density at radius 3 is 2.25 bits per heavy atom. The van der Waals surface area contributed by atoms with Gasteiger partial charge in [-0.15, -0.1) is 0 Å². The fourth-order valence-corrected chi connectivity index (χ4v) is 2.95. The van der Waals surface area contributed by atoms with Crippen molar-refractivity contribution in [3.63, 3.8) is 0 Å². The van der Waals surface area contributed by atoms with Crippen molar-refractivity contribution in [1.82, 2.24) is 4.98 Å². The minimum Gasteiger partial charge on any atom is -0.276 e. The summed E-state index contributed by atoms with van der Waals surface area (Å²) in [6.45, 7) is 8.54. The van der Waals surface area contributed by atoms with Crippen molar-refractivity contribution >= 4 is 27.7 Å². The molecule has 0 spiro atoms. The van der Waals surface area contributed by atoms with E-state index < -0.39 is 5.24 Å². The van der Waals surface area contributed by atoms with E-state index in [1.165, 1.54) is 5.56 Å². The van der Waals surface area contributed by atoms with Crippen LogP contribution in [0.1, 0.15) is 42.3 Å². The van der Waals surface area contributed by atoms with E-state index in [4.69, 9.17) is 16.6 Å². The monoisotopic (exact) mass is 337 g/mol. The molecule has 122 valence electrons. The zero-order valence-electron chi connectivity index (χ0n) is 14.4. The Bertz CT molecular complexity index is 921. The Kier molecular flexibility index (Phi) is 4.18. The molecule has 0 unspecified atom stereocenters. The molecule has 0 fully saturated rings. The SMILES string of the molecule is Cc1ccc2nc(-c3ccc(C(C)(C)C)cc3)cc(C(=O)Cl)c2c1. The Morgan fingerprint density at radius 1 is 1.00 bits per heavy atom. The van der Waals surface area contributed by atoms with Gasteiger partial charge in [0.15, 0.2) is 0 Å². The molecule has 0 atom stereocenters. The zero-order valence-corrected chi connectivity index (χ0v) is 15.1. The van der Waals surface area contributed by atoms with Crippen LogP contribution in [0.25, 0.3) is 22.2 Å². The van der Waals surface area contributed by atoms with Crippen molar-refractivity contribution in [1.29, 1.82) is 0 Å². The Balaban J connectivity index is 2.16. The molecule has 3 heteroatoms. The highest BCUT2D eigenvalue weighted by molar-refractivity contribution is 6.68. The lowest BCUT2D eigenvalue weighted by atomic mass is 9.86. The molecule has 0 amide bonds. The molecule has 24 heavy (non-hydrogen) atoms. The van der Waals surface area contributed by atoms with Gasteiger partial charge in [-0.05, 0) is 47.7 Å². The van der Waals surface area contributed by atoms with Gasteiger partial charge >= 0.3 is 0 Å². The smallest absolute Gasteiger partial charge is 0.253 e. The van der Waals surface area contributed by atoms with Crippen molar-refractivity contribution in [2.45, 2.75) is 33.1 Å². The fraction of sp³-hybridized carbons (Fsp3) is 0.238. The first kappa shape index (κ1) is 16.7. The molecule has 0 saturated carbocycles. The van der Waals surface area contributed by atoms with Crippen LogP contribution in [0.3, 0.4) is 0 Å². The van der Waals surface area contributed by atoms with E-state index >= 15 is 0 Å². The summed E-state index contributed by atoms with van der Waals surface area (Å²) in [7, 11) is 0. The molecule has 2 aromatic carbocycles. The maximum absolute atomic E-state index is 11.9. The third-order valence-corrected chi connectivity index (χ3v) is 4.43. The lowest BCUT2D eigenvalue weighted by Crippen LogP contribution is -2.10. The van der Waals surface area contributed by atoms with E-state index in [-0.39, 0.29) is 5.41 Å². The third-order valence-electron chi connectivity index (χ3n) is 4.22. The Labute approximate surface area is 147 Å². The number of pyridine rings is 1. The van der Waals surface area contributed by atoms with E-state index in [1.54, 1.807) is 6.07 Å². The molecule has 0 saturated heterocycles. The van der Waals surface area contributed by atoms with E-state index in [0.29, 0.717) is 5.56 Å². The summed E-state index contributed by atoms with van der Waals surface area (Å²) in [6.07, 6.45) is 0. The van der Waals surface area contributed by atoms with Crippen molar-refractivity contribution in [2.24, 2.45) is 0 Å². The number of rotatable bonds is 2. The molecule has 0 radical (unpaired) electrons. The highest BCUT2D eigenvalue weighted by Crippen LogP contribution is 2.29. The predicted molar refractivity (Wildman–Crippen MR) is 101 cm³/mol. The van der Waals surface area contributed by atoms with Crippen LogP contribution < -0.4 is 0 Å². The molecular weight excluding hydrogens is 318 g/mol. The molecule has 1 heterocycles. The highest BCUT2D eigenvalue weighted by Gasteiger charge is 2.15. The van der Waals surface area contributed by atoms with Crippen LogP contribution in [0.5, 0.6) is 0 Å². The first-order valence-corrected chi connectivity index (χ1v) is 8.36. The first-order chi connectivity index (χ1) is 11.3. The van der Waals surface area contributed by atoms with Crippen LogP contribution in [0.15, 0.2) is 48.5 Å². The standard InChI is InChI=1S/C21H20ClNO/c1-13-5-10-18-16(11-13)17(20(22)24)12-19(23-18)14-6-8-15(9-7-14)21(2,3)4/h5-12H,1-4H3. The van der Waals surface area contributed by atoms with E-state index in [2.05, 4.69) is 32.9 Å². The summed E-state index contributed by atoms with van der Waals surface area (Å²) < 4.78 is 0. The number of nitrogens with zero attached hydrogens (tertiary/aromatic N) is 1. The summed E-state index contributed by atoms with van der Waals surface area (Å²) in [5.74, 6) is 0. The largest absolute Gasteiger partial charge is 0.276 e. The molecule has 0 aliphatic carbocycles. The number of carbonyl (C=O) groups is 1. The van der Waals surface area contributed by atoms with Crippen LogP contribution >= 0.6 is 11.6 Å². The molecule has 0 N–H and O–H groups in total. The van der Waals surface area contributed by atoms with Gasteiger partial charge in [-0.1, -0.05) is 56.7 Å². The average molecular weight is 338 g/mol. The second-order valence-corrected chi connectivity index (χ2v) is 7.52. The third kappa shape index (κ3) is 3.20. The van der Waals surface area contributed by atoms with Gasteiger partial charge in [0.2, 0.25) is 0 Å². The number of hydrogen-bond acceptors (Lipinski definition) is 2. The van der Waals surface area contributed by atoms with Crippen LogP contribution in [0.2, 0.25) is 0 Å². The Morgan fingerprint density at radius 2 is 1.67 bits per heavy atom. The number of aryl methyl sites for hydroxylation is 1. The van der Waals surface area contributed by atoms with Crippen molar-refractivity contribution in [2.75, 3.05) is 0 Å². The molecule has 0 aliphatic heterocycles. The molecule has 0 aliphatic rings. The molecule has 3 rings (SSSR count). The van der Waals surface area contributed by atoms with E-state index in [1.807, 2.05) is 37.3 Å². The zero-order chi connectivity index (χ0) is 17.5. The molecule has 3 aromatic rings. The van der Waals surface area contributed by atoms with Gasteiger partial charge in [0, 0.05) is 16.5 Å². The molecule has 0 bridgehead atoms. The molecule has 1 aromatic heterocycles. The minimum absolute atomic E-state index is 0.101. The normalized spacial score (nSPS) is 11.7. The summed E-state index contributed by atoms with van der Waals surface area (Å²) in [5, 5.41) is 0.339. The fourth-order valence-electron chi connectivity index (χ4n) is 2.79. The number of halogens is 1. The van der Waals surface area contributed by atoms with E-state index in [0.717, 1.165) is 27.7 Å². The quantitative estimate of drug-likeness (QED) is 0.546. The first-order valence-electron chi connectivity index (χ1n) is 7.98. The molecular formula is C21H20ClNO. The van der Waals surface area contributed by atoms with E-state index in [9.17, 15) is 4.79 Å². The van der Waals surface area contributed by atoms with Crippen LogP contribution in [-0.4, -0.2) is 10.2 Å². The van der Waals surface area contributed by atoms with Crippen LogP contribution in [0.4, 0.5) is 0 Å². The molecule has 2 nitrogen and oxygen atoms in total. The predicted octanol–water partition coefficient (Wildman–Crippen LogP) is 5.89. The van der Waals surface area contributed by atoms with Gasteiger partial charge in [0.1, 0.15) is 0 Å². The van der Waals surface area contributed by atoms with Gasteiger partial charge in [0.05, 0.1) is 11.2 Å². The number of fused-ring (bicyclic) bond motifs is 1. The minimum atomic E-state index is -0.458. The number of hydrogen-bond donors (Lipinski definition) is 0. The number of carbonyl (C=O) groups excluding carboxylic acids is 1. The van der Waals surface area contributed by atoms with Crippen molar-refractivity contribution < 1.29 is 4.79 Å². The number of aromatic nitrogens is 1. The lowest BCUT2D eigenvalue weighted by Gasteiger charge is -2.19. The maximum atomic E-state index is 11.9. The number of benzene rings is 2. The second kappa shape index (κ2) is 6.03. The highest BCUT2D eigenvalue weighted by atomic mass is 35.5. The van der Waals surface area contributed by atoms with Gasteiger partial charge in [-0.25, -0.2) is 4.98 Å². The summed E-state index contributed by atoms with van der Waals surface area (Å²) >= 11 is 5.81. The maximum Gasteiger partial charge on any atom is 0.253 e. The summed E-state index contributed by atoms with van der Waals surface area (Å²) in [6, 6.07) is 16.0. The van der Waals surface area contributed by atoms with Gasteiger partial charge < -0.3 is 0 Å².